The number of nitrogens with zero attached hydrogens (tertiary/aromatic N) is 2. The fourth-order valence-electron chi connectivity index (χ4n) is 3.25. The molecule has 0 unspecified atom stereocenters. The molecule has 2 N–H and O–H groups in total. The van der Waals surface area contributed by atoms with Gasteiger partial charge in [-0.25, -0.2) is 9.48 Å². The smallest absolute Gasteiger partial charge is 0.319 e. The molecular weight excluding hydrogens is 392 g/mol. The highest BCUT2D eigenvalue weighted by molar-refractivity contribution is 5.90. The molecule has 3 rings (SSSR count). The van der Waals surface area contributed by atoms with E-state index in [0.717, 1.165) is 35.5 Å². The molecule has 164 valence electrons. The van der Waals surface area contributed by atoms with Crippen LogP contribution in [0.15, 0.2) is 48.5 Å². The van der Waals surface area contributed by atoms with Crippen LogP contribution in [0.25, 0.3) is 5.69 Å². The van der Waals surface area contributed by atoms with Crippen LogP contribution < -0.4 is 20.1 Å². The van der Waals surface area contributed by atoms with Crippen LogP contribution in [-0.2, 0) is 6.54 Å². The number of hydrogen-bond acceptors (Lipinski definition) is 4. The summed E-state index contributed by atoms with van der Waals surface area (Å²) in [6, 6.07) is 15.2. The van der Waals surface area contributed by atoms with Crippen molar-refractivity contribution in [3.05, 3.63) is 65.5 Å². The van der Waals surface area contributed by atoms with Crippen molar-refractivity contribution >= 4 is 11.7 Å². The van der Waals surface area contributed by atoms with Gasteiger partial charge >= 0.3 is 6.03 Å². The Morgan fingerprint density at radius 1 is 1.10 bits per heavy atom. The van der Waals surface area contributed by atoms with Crippen molar-refractivity contribution in [2.45, 2.75) is 40.2 Å². The van der Waals surface area contributed by atoms with E-state index in [1.165, 1.54) is 0 Å². The summed E-state index contributed by atoms with van der Waals surface area (Å²) in [5, 5.41) is 10.4. The molecular formula is C24H30N4O3. The maximum atomic E-state index is 12.5. The summed E-state index contributed by atoms with van der Waals surface area (Å²) >= 11 is 0. The van der Waals surface area contributed by atoms with Crippen LogP contribution in [0.3, 0.4) is 0 Å². The zero-order valence-electron chi connectivity index (χ0n) is 18.6. The summed E-state index contributed by atoms with van der Waals surface area (Å²) in [6.45, 7) is 6.95. The van der Waals surface area contributed by atoms with E-state index in [0.29, 0.717) is 30.3 Å². The van der Waals surface area contributed by atoms with Crippen LogP contribution in [0, 0.1) is 13.8 Å². The van der Waals surface area contributed by atoms with Crippen molar-refractivity contribution in [1.29, 1.82) is 0 Å². The number of benzene rings is 2. The number of carbonyl (C=O) groups is 1. The van der Waals surface area contributed by atoms with Gasteiger partial charge in [0.2, 0.25) is 0 Å². The molecule has 2 amide bonds. The number of nitrogens with one attached hydrogen (secondary N) is 2. The molecule has 0 aliphatic rings. The first-order chi connectivity index (χ1) is 15.0. The molecule has 1 heterocycles. The topological polar surface area (TPSA) is 77.4 Å². The standard InChI is InChI=1S/C24H30N4O3/c1-5-6-14-31-21-13-12-19(15-22(21)30-4)16-25-24(29)26-23-17(2)27-28(18(23)3)20-10-8-7-9-11-20/h7-13,15H,5-6,14,16H2,1-4H3,(H2,25,26,29). The molecule has 0 aliphatic carbocycles. The fraction of sp³-hybridized carbons (Fsp3) is 0.333. The highest BCUT2D eigenvalue weighted by Crippen LogP contribution is 2.28. The van der Waals surface area contributed by atoms with Crippen molar-refractivity contribution in [1.82, 2.24) is 15.1 Å². The number of anilines is 1. The van der Waals surface area contributed by atoms with Gasteiger partial charge in [0.25, 0.3) is 0 Å². The number of urea groups is 1. The van der Waals surface area contributed by atoms with Gasteiger partial charge in [-0.05, 0) is 50.1 Å². The van der Waals surface area contributed by atoms with Gasteiger partial charge in [0.1, 0.15) is 0 Å². The zero-order valence-corrected chi connectivity index (χ0v) is 18.6. The lowest BCUT2D eigenvalue weighted by atomic mass is 10.2. The monoisotopic (exact) mass is 422 g/mol. The first-order valence-corrected chi connectivity index (χ1v) is 10.5. The van der Waals surface area contributed by atoms with E-state index in [1.54, 1.807) is 7.11 Å². The molecule has 31 heavy (non-hydrogen) atoms. The Kier molecular flexibility index (Phi) is 7.54. The maximum absolute atomic E-state index is 12.5. The number of hydrogen-bond donors (Lipinski definition) is 2. The van der Waals surface area contributed by atoms with Crippen LogP contribution in [0.2, 0.25) is 0 Å². The van der Waals surface area contributed by atoms with Crippen LogP contribution in [-0.4, -0.2) is 29.5 Å². The van der Waals surface area contributed by atoms with Crippen molar-refractivity contribution in [3.8, 4) is 17.2 Å². The highest BCUT2D eigenvalue weighted by Gasteiger charge is 2.15. The molecule has 0 radical (unpaired) electrons. The molecule has 0 atom stereocenters. The number of unbranched alkanes of at least 4 members (excludes halogenated alkanes) is 1. The summed E-state index contributed by atoms with van der Waals surface area (Å²) in [6.07, 6.45) is 2.06. The van der Waals surface area contributed by atoms with Crippen LogP contribution in [0.5, 0.6) is 11.5 Å². The van der Waals surface area contributed by atoms with E-state index in [-0.39, 0.29) is 6.03 Å². The van der Waals surface area contributed by atoms with E-state index in [9.17, 15) is 4.79 Å². The minimum absolute atomic E-state index is 0.291. The van der Waals surface area contributed by atoms with Gasteiger partial charge in [-0.1, -0.05) is 37.6 Å². The van der Waals surface area contributed by atoms with Crippen molar-refractivity contribution < 1.29 is 14.3 Å². The summed E-state index contributed by atoms with van der Waals surface area (Å²) in [5.41, 5.74) is 4.20. The second kappa shape index (κ2) is 10.5. The Morgan fingerprint density at radius 3 is 2.58 bits per heavy atom. The van der Waals surface area contributed by atoms with E-state index in [2.05, 4.69) is 22.7 Å². The number of ether oxygens (including phenoxy) is 2. The predicted molar refractivity (Wildman–Crippen MR) is 122 cm³/mol. The van der Waals surface area contributed by atoms with E-state index in [1.807, 2.05) is 67.1 Å². The molecule has 3 aromatic rings. The van der Waals surface area contributed by atoms with Gasteiger partial charge in [-0.15, -0.1) is 0 Å². The molecule has 0 bridgehead atoms. The van der Waals surface area contributed by atoms with Gasteiger partial charge in [0.15, 0.2) is 11.5 Å². The Hall–Kier alpha value is -3.48. The first-order valence-electron chi connectivity index (χ1n) is 10.5. The third kappa shape index (κ3) is 5.57. The van der Waals surface area contributed by atoms with Gasteiger partial charge in [-0.3, -0.25) is 0 Å². The summed E-state index contributed by atoms with van der Waals surface area (Å²) in [7, 11) is 1.61. The minimum atomic E-state index is -0.291. The SMILES string of the molecule is CCCCOc1ccc(CNC(=O)Nc2c(C)nn(-c3ccccc3)c2C)cc1OC. The average Bonchev–Trinajstić information content (AvgIpc) is 3.07. The zero-order chi connectivity index (χ0) is 22.2. The lowest BCUT2D eigenvalue weighted by molar-refractivity contribution is 0.251. The number of aryl methyl sites for hydroxylation is 1. The molecule has 0 aliphatic heterocycles. The number of methoxy groups -OCH3 is 1. The molecule has 0 fully saturated rings. The molecule has 0 saturated carbocycles. The Labute approximate surface area is 183 Å². The molecule has 2 aromatic carbocycles. The van der Waals surface area contributed by atoms with E-state index in [4.69, 9.17) is 9.47 Å². The lowest BCUT2D eigenvalue weighted by Crippen LogP contribution is -2.28. The Morgan fingerprint density at radius 2 is 1.87 bits per heavy atom. The predicted octanol–water partition coefficient (Wildman–Crippen LogP) is 5.00. The number of carbonyl (C=O) groups excluding carboxylic acids is 1. The Balaban J connectivity index is 1.62. The largest absolute Gasteiger partial charge is 0.493 e. The lowest BCUT2D eigenvalue weighted by Gasteiger charge is -2.13. The second-order valence-electron chi connectivity index (χ2n) is 7.29. The van der Waals surface area contributed by atoms with Gasteiger partial charge < -0.3 is 20.1 Å². The molecule has 0 spiro atoms. The van der Waals surface area contributed by atoms with Crippen molar-refractivity contribution in [3.63, 3.8) is 0 Å². The summed E-state index contributed by atoms with van der Waals surface area (Å²) in [4.78, 5) is 12.5. The summed E-state index contributed by atoms with van der Waals surface area (Å²) in [5.74, 6) is 1.37. The quantitative estimate of drug-likeness (QED) is 0.476. The minimum Gasteiger partial charge on any atom is -0.493 e. The number of para-hydroxylation sites is 1. The van der Waals surface area contributed by atoms with Crippen molar-refractivity contribution in [2.75, 3.05) is 19.0 Å². The number of aromatic nitrogens is 2. The molecule has 7 heteroatoms. The fourth-order valence-corrected chi connectivity index (χ4v) is 3.25. The summed E-state index contributed by atoms with van der Waals surface area (Å²) < 4.78 is 13.0. The number of rotatable bonds is 9. The van der Waals surface area contributed by atoms with Crippen LogP contribution in [0.4, 0.5) is 10.5 Å². The van der Waals surface area contributed by atoms with Crippen LogP contribution >= 0.6 is 0 Å². The van der Waals surface area contributed by atoms with E-state index < -0.39 is 0 Å². The van der Waals surface area contributed by atoms with Gasteiger partial charge in [0.05, 0.1) is 36.5 Å². The second-order valence-corrected chi connectivity index (χ2v) is 7.29. The first kappa shape index (κ1) is 22.2. The van der Waals surface area contributed by atoms with Gasteiger partial charge in [0, 0.05) is 6.54 Å². The normalized spacial score (nSPS) is 10.6. The van der Waals surface area contributed by atoms with Crippen LogP contribution in [0.1, 0.15) is 36.7 Å². The maximum Gasteiger partial charge on any atom is 0.319 e. The third-order valence-electron chi connectivity index (χ3n) is 4.97. The third-order valence-corrected chi connectivity index (χ3v) is 4.97. The highest BCUT2D eigenvalue weighted by atomic mass is 16.5. The van der Waals surface area contributed by atoms with Gasteiger partial charge in [-0.2, -0.15) is 5.10 Å². The van der Waals surface area contributed by atoms with E-state index >= 15 is 0 Å². The Bertz CT molecular complexity index is 1020. The molecule has 0 saturated heterocycles. The molecule has 1 aromatic heterocycles. The van der Waals surface area contributed by atoms with Crippen molar-refractivity contribution in [2.24, 2.45) is 0 Å². The number of amides is 2. The average molecular weight is 423 g/mol. The molecule has 7 nitrogen and oxygen atoms in total.